The quantitative estimate of drug-likeness (QED) is 0.634. The van der Waals surface area contributed by atoms with Gasteiger partial charge in [-0.25, -0.2) is 0 Å². The fourth-order valence-electron chi connectivity index (χ4n) is 5.26. The molecule has 1 aromatic carbocycles. The van der Waals surface area contributed by atoms with Gasteiger partial charge in [0.25, 0.3) is 0 Å². The number of carbonyl (C=O) groups excluding carboxylic acids is 2. The summed E-state index contributed by atoms with van der Waals surface area (Å²) in [4.78, 5) is 29.6. The van der Waals surface area contributed by atoms with Crippen molar-refractivity contribution in [1.82, 2.24) is 20.4 Å². The standard InChI is InChI=1S/C23H33ClN4O3/c1-31-15-20-6-3-9-27(20)22(29)8-7-19-13-26-23(30)21-11-18(14-28(19)21)25-12-16-4-2-5-17(24)10-16/h2,4-5,10,18-21,25H,3,6-9,11-15H2,1H3,(H,26,30)/t18-,19-,20-,21+/m0/s1. The molecule has 170 valence electrons. The molecule has 4 rings (SSSR count). The van der Waals surface area contributed by atoms with E-state index in [0.29, 0.717) is 19.6 Å². The Bertz CT molecular complexity index is 792. The number of ether oxygens (including phenoxy) is 1. The molecule has 8 heteroatoms. The van der Waals surface area contributed by atoms with Crippen molar-refractivity contribution in [3.8, 4) is 0 Å². The predicted octanol–water partition coefficient (Wildman–Crippen LogP) is 1.79. The van der Waals surface area contributed by atoms with Gasteiger partial charge in [-0.3, -0.25) is 14.5 Å². The summed E-state index contributed by atoms with van der Waals surface area (Å²) in [6.07, 6.45) is 4.15. The van der Waals surface area contributed by atoms with Crippen LogP contribution < -0.4 is 10.6 Å². The van der Waals surface area contributed by atoms with Gasteiger partial charge < -0.3 is 20.3 Å². The Morgan fingerprint density at radius 2 is 2.23 bits per heavy atom. The van der Waals surface area contributed by atoms with Crippen molar-refractivity contribution in [2.24, 2.45) is 0 Å². The number of piperazine rings is 1. The summed E-state index contributed by atoms with van der Waals surface area (Å²) >= 11 is 6.08. The number of hydrogen-bond donors (Lipinski definition) is 2. The summed E-state index contributed by atoms with van der Waals surface area (Å²) in [6.45, 7) is 3.61. The molecule has 7 nitrogen and oxygen atoms in total. The second-order valence-corrected chi connectivity index (χ2v) is 9.37. The molecule has 0 radical (unpaired) electrons. The van der Waals surface area contributed by atoms with Crippen LogP contribution in [0.1, 0.15) is 37.7 Å². The average molecular weight is 449 g/mol. The first-order valence-electron chi connectivity index (χ1n) is 11.3. The summed E-state index contributed by atoms with van der Waals surface area (Å²) in [5.41, 5.74) is 1.14. The van der Waals surface area contributed by atoms with E-state index in [1.165, 1.54) is 0 Å². The summed E-state index contributed by atoms with van der Waals surface area (Å²) in [5.74, 6) is 0.317. The van der Waals surface area contributed by atoms with Crippen LogP contribution in [0.5, 0.6) is 0 Å². The lowest BCUT2D eigenvalue weighted by Crippen LogP contribution is -2.58. The van der Waals surface area contributed by atoms with Gasteiger partial charge in [-0.15, -0.1) is 0 Å². The van der Waals surface area contributed by atoms with Crippen LogP contribution >= 0.6 is 11.6 Å². The second kappa shape index (κ2) is 10.3. The highest BCUT2D eigenvalue weighted by Crippen LogP contribution is 2.27. The number of methoxy groups -OCH3 is 1. The maximum absolute atomic E-state index is 12.8. The van der Waals surface area contributed by atoms with Crippen molar-refractivity contribution < 1.29 is 14.3 Å². The number of fused-ring (bicyclic) bond motifs is 1. The number of nitrogens with one attached hydrogen (secondary N) is 2. The number of rotatable bonds is 8. The molecule has 2 N–H and O–H groups in total. The van der Waals surface area contributed by atoms with E-state index in [2.05, 4.69) is 21.6 Å². The zero-order valence-electron chi connectivity index (χ0n) is 18.2. The van der Waals surface area contributed by atoms with Crippen LogP contribution in [0.2, 0.25) is 5.02 Å². The molecule has 3 saturated heterocycles. The third-order valence-electron chi connectivity index (χ3n) is 6.85. The zero-order chi connectivity index (χ0) is 21.8. The van der Waals surface area contributed by atoms with Crippen molar-refractivity contribution in [3.63, 3.8) is 0 Å². The summed E-state index contributed by atoms with van der Waals surface area (Å²) in [7, 11) is 1.69. The van der Waals surface area contributed by atoms with Crippen LogP contribution in [0.25, 0.3) is 0 Å². The molecule has 3 aliphatic heterocycles. The second-order valence-electron chi connectivity index (χ2n) is 8.93. The van der Waals surface area contributed by atoms with Crippen LogP contribution in [0.4, 0.5) is 0 Å². The van der Waals surface area contributed by atoms with Crippen molar-refractivity contribution in [2.75, 3.05) is 33.4 Å². The van der Waals surface area contributed by atoms with E-state index in [1.807, 2.05) is 23.1 Å². The highest BCUT2D eigenvalue weighted by atomic mass is 35.5. The van der Waals surface area contributed by atoms with Crippen molar-refractivity contribution in [1.29, 1.82) is 0 Å². The smallest absolute Gasteiger partial charge is 0.237 e. The Morgan fingerprint density at radius 1 is 1.35 bits per heavy atom. The van der Waals surface area contributed by atoms with E-state index in [9.17, 15) is 9.59 Å². The van der Waals surface area contributed by atoms with Gasteiger partial charge in [-0.2, -0.15) is 0 Å². The highest BCUT2D eigenvalue weighted by Gasteiger charge is 2.43. The Kier molecular flexibility index (Phi) is 7.48. The normalized spacial score (nSPS) is 28.6. The van der Waals surface area contributed by atoms with E-state index in [4.69, 9.17) is 16.3 Å². The number of benzene rings is 1. The van der Waals surface area contributed by atoms with Crippen LogP contribution in [-0.2, 0) is 20.9 Å². The van der Waals surface area contributed by atoms with E-state index < -0.39 is 0 Å². The predicted molar refractivity (Wildman–Crippen MR) is 120 cm³/mol. The fraction of sp³-hybridized carbons (Fsp3) is 0.652. The summed E-state index contributed by atoms with van der Waals surface area (Å²) in [6, 6.07) is 8.39. The van der Waals surface area contributed by atoms with Crippen LogP contribution in [0, 0.1) is 0 Å². The van der Waals surface area contributed by atoms with Gasteiger partial charge in [0, 0.05) is 56.8 Å². The fourth-order valence-corrected chi connectivity index (χ4v) is 5.48. The van der Waals surface area contributed by atoms with Crippen molar-refractivity contribution >= 4 is 23.4 Å². The van der Waals surface area contributed by atoms with E-state index in [-0.39, 0.29) is 36.0 Å². The molecule has 1 aromatic rings. The lowest BCUT2D eigenvalue weighted by Gasteiger charge is -2.37. The summed E-state index contributed by atoms with van der Waals surface area (Å²) in [5, 5.41) is 7.37. The van der Waals surface area contributed by atoms with E-state index in [1.54, 1.807) is 7.11 Å². The lowest BCUT2D eigenvalue weighted by atomic mass is 10.0. The molecule has 31 heavy (non-hydrogen) atoms. The van der Waals surface area contributed by atoms with Crippen molar-refractivity contribution in [3.05, 3.63) is 34.9 Å². The topological polar surface area (TPSA) is 73.9 Å². The number of halogens is 1. The SMILES string of the molecule is COC[C@@H]1CCCN1C(=O)CC[C@H]1CNC(=O)[C@H]2C[C@H](NCc3cccc(Cl)c3)CN12. The maximum Gasteiger partial charge on any atom is 0.237 e. The van der Waals surface area contributed by atoms with Gasteiger partial charge in [0.1, 0.15) is 0 Å². The Labute approximate surface area is 189 Å². The van der Waals surface area contributed by atoms with Gasteiger partial charge in [0.05, 0.1) is 18.7 Å². The van der Waals surface area contributed by atoms with Gasteiger partial charge in [0.15, 0.2) is 0 Å². The Balaban J connectivity index is 1.30. The number of likely N-dealkylation sites (tertiary alicyclic amines) is 1. The molecule has 2 amide bonds. The summed E-state index contributed by atoms with van der Waals surface area (Å²) < 4.78 is 5.28. The molecule has 0 bridgehead atoms. The monoisotopic (exact) mass is 448 g/mol. The molecule has 3 fully saturated rings. The molecule has 3 aliphatic rings. The van der Waals surface area contributed by atoms with Crippen LogP contribution in [0.3, 0.4) is 0 Å². The van der Waals surface area contributed by atoms with Gasteiger partial charge in [-0.05, 0) is 43.4 Å². The molecule has 0 spiro atoms. The number of nitrogens with zero attached hydrogens (tertiary/aromatic N) is 2. The molecule has 3 heterocycles. The number of carbonyl (C=O) groups is 2. The molecule has 4 atom stereocenters. The average Bonchev–Trinajstić information content (AvgIpc) is 3.40. The third-order valence-corrected chi connectivity index (χ3v) is 7.09. The minimum Gasteiger partial charge on any atom is -0.383 e. The molecule has 0 saturated carbocycles. The van der Waals surface area contributed by atoms with Crippen molar-refractivity contribution in [2.45, 2.75) is 62.8 Å². The first-order valence-corrected chi connectivity index (χ1v) is 11.7. The first kappa shape index (κ1) is 22.5. The number of hydrogen-bond acceptors (Lipinski definition) is 5. The van der Waals surface area contributed by atoms with Gasteiger partial charge in [0.2, 0.25) is 11.8 Å². The Hall–Kier alpha value is -1.67. The highest BCUT2D eigenvalue weighted by molar-refractivity contribution is 6.30. The first-order chi connectivity index (χ1) is 15.0. The molecule has 0 unspecified atom stereocenters. The minimum atomic E-state index is -0.112. The van der Waals surface area contributed by atoms with E-state index in [0.717, 1.165) is 55.9 Å². The van der Waals surface area contributed by atoms with Crippen LogP contribution in [-0.4, -0.2) is 79.1 Å². The van der Waals surface area contributed by atoms with Crippen LogP contribution in [0.15, 0.2) is 24.3 Å². The third kappa shape index (κ3) is 5.40. The molecular weight excluding hydrogens is 416 g/mol. The zero-order valence-corrected chi connectivity index (χ0v) is 18.9. The Morgan fingerprint density at radius 3 is 3.03 bits per heavy atom. The molecule has 0 aromatic heterocycles. The molecule has 0 aliphatic carbocycles. The largest absolute Gasteiger partial charge is 0.383 e. The lowest BCUT2D eigenvalue weighted by molar-refractivity contribution is -0.133. The minimum absolute atomic E-state index is 0.106. The van der Waals surface area contributed by atoms with Gasteiger partial charge in [-0.1, -0.05) is 23.7 Å². The van der Waals surface area contributed by atoms with E-state index >= 15 is 0 Å². The number of amides is 2. The maximum atomic E-state index is 12.8. The molecular formula is C23H33ClN4O3. The van der Waals surface area contributed by atoms with Gasteiger partial charge >= 0.3 is 0 Å².